The van der Waals surface area contributed by atoms with Crippen molar-refractivity contribution in [1.29, 1.82) is 0 Å². The number of esters is 2. The zero-order valence-electron chi connectivity index (χ0n) is 13.2. The predicted molar refractivity (Wildman–Crippen MR) is 84.6 cm³/mol. The van der Waals surface area contributed by atoms with Crippen molar-refractivity contribution in [3.8, 4) is 16.2 Å². The van der Waals surface area contributed by atoms with Crippen LogP contribution in [0, 0.1) is 0 Å². The molecule has 0 aliphatic heterocycles. The van der Waals surface area contributed by atoms with Gasteiger partial charge < -0.3 is 14.2 Å². The van der Waals surface area contributed by atoms with Crippen LogP contribution in [0.5, 0.6) is 5.75 Å². The molecule has 0 saturated carbocycles. The van der Waals surface area contributed by atoms with Crippen LogP contribution in [0.3, 0.4) is 0 Å². The largest absolute Gasteiger partial charge is 0.462 e. The SMILES string of the molecule is CCOCC(=O)Oc1csc(-c2cnn(C)c2)c1C(=O)OCC. The number of aromatic nitrogens is 2. The first-order valence-electron chi connectivity index (χ1n) is 7.12. The minimum absolute atomic E-state index is 0.170. The number of thiophene rings is 1. The summed E-state index contributed by atoms with van der Waals surface area (Å²) in [4.78, 5) is 24.6. The Hall–Kier alpha value is -2.19. The summed E-state index contributed by atoms with van der Waals surface area (Å²) in [5.74, 6) is -0.920. The Balaban J connectivity index is 2.33. The second kappa shape index (κ2) is 7.89. The number of ether oxygens (including phenoxy) is 3. The lowest BCUT2D eigenvalue weighted by Crippen LogP contribution is -2.17. The Morgan fingerprint density at radius 1 is 1.30 bits per heavy atom. The lowest BCUT2D eigenvalue weighted by atomic mass is 10.1. The molecule has 124 valence electrons. The molecule has 0 aliphatic rings. The quantitative estimate of drug-likeness (QED) is 0.721. The molecule has 0 fully saturated rings. The number of carbonyl (C=O) groups is 2. The first-order chi connectivity index (χ1) is 11.1. The van der Waals surface area contributed by atoms with E-state index in [1.807, 2.05) is 0 Å². The highest BCUT2D eigenvalue weighted by molar-refractivity contribution is 7.14. The number of nitrogens with zero attached hydrogens (tertiary/aromatic N) is 2. The summed E-state index contributed by atoms with van der Waals surface area (Å²) in [5, 5.41) is 5.70. The van der Waals surface area contributed by atoms with Crippen molar-refractivity contribution in [2.24, 2.45) is 7.05 Å². The second-order valence-corrected chi connectivity index (χ2v) is 5.42. The van der Waals surface area contributed by atoms with E-state index >= 15 is 0 Å². The van der Waals surface area contributed by atoms with Crippen LogP contribution >= 0.6 is 11.3 Å². The Kier molecular flexibility index (Phi) is 5.89. The van der Waals surface area contributed by atoms with E-state index in [1.54, 1.807) is 43.4 Å². The highest BCUT2D eigenvalue weighted by Gasteiger charge is 2.25. The van der Waals surface area contributed by atoms with Crippen molar-refractivity contribution >= 4 is 23.3 Å². The molecule has 0 spiro atoms. The Morgan fingerprint density at radius 2 is 2.09 bits per heavy atom. The summed E-state index contributed by atoms with van der Waals surface area (Å²) in [6.45, 7) is 3.96. The van der Waals surface area contributed by atoms with Crippen LogP contribution in [0.4, 0.5) is 0 Å². The molecule has 2 aromatic heterocycles. The highest BCUT2D eigenvalue weighted by atomic mass is 32.1. The average Bonchev–Trinajstić information content (AvgIpc) is 3.11. The summed E-state index contributed by atoms with van der Waals surface area (Å²) in [5.41, 5.74) is 0.988. The van der Waals surface area contributed by atoms with Gasteiger partial charge in [0.15, 0.2) is 5.75 Å². The summed E-state index contributed by atoms with van der Waals surface area (Å²) in [6.07, 6.45) is 3.42. The van der Waals surface area contributed by atoms with E-state index in [-0.39, 0.29) is 24.5 Å². The third-order valence-electron chi connectivity index (χ3n) is 2.85. The van der Waals surface area contributed by atoms with Crippen LogP contribution in [0.1, 0.15) is 24.2 Å². The molecular weight excluding hydrogens is 320 g/mol. The smallest absolute Gasteiger partial charge is 0.343 e. The molecule has 0 amide bonds. The van der Waals surface area contributed by atoms with E-state index in [0.717, 1.165) is 5.56 Å². The monoisotopic (exact) mass is 338 g/mol. The fourth-order valence-corrected chi connectivity index (χ4v) is 2.84. The first-order valence-corrected chi connectivity index (χ1v) is 8.00. The highest BCUT2D eigenvalue weighted by Crippen LogP contribution is 2.37. The van der Waals surface area contributed by atoms with Gasteiger partial charge in [0.1, 0.15) is 12.2 Å². The third kappa shape index (κ3) is 4.17. The topological polar surface area (TPSA) is 79.7 Å². The van der Waals surface area contributed by atoms with E-state index in [0.29, 0.717) is 11.5 Å². The van der Waals surface area contributed by atoms with Crippen molar-refractivity contribution in [3.05, 3.63) is 23.3 Å². The molecule has 0 N–H and O–H groups in total. The molecule has 2 aromatic rings. The fraction of sp³-hybridized carbons (Fsp3) is 0.400. The minimum atomic E-state index is -0.562. The number of rotatable bonds is 7. The molecule has 2 rings (SSSR count). The molecule has 0 bridgehead atoms. The maximum absolute atomic E-state index is 12.3. The molecule has 0 atom stereocenters. The number of carbonyl (C=O) groups excluding carboxylic acids is 2. The zero-order valence-corrected chi connectivity index (χ0v) is 14.0. The second-order valence-electron chi connectivity index (χ2n) is 4.54. The van der Waals surface area contributed by atoms with Gasteiger partial charge in [0, 0.05) is 30.8 Å². The Bertz CT molecular complexity index is 692. The standard InChI is InChI=1S/C15H18N2O5S/c1-4-20-8-12(18)22-11-9-23-14(10-6-16-17(3)7-10)13(11)15(19)21-5-2/h6-7,9H,4-5,8H2,1-3H3. The van der Waals surface area contributed by atoms with E-state index in [2.05, 4.69) is 5.10 Å². The van der Waals surface area contributed by atoms with Crippen LogP contribution < -0.4 is 4.74 Å². The summed E-state index contributed by atoms with van der Waals surface area (Å²) in [7, 11) is 1.78. The van der Waals surface area contributed by atoms with Crippen molar-refractivity contribution in [1.82, 2.24) is 9.78 Å². The molecule has 0 aliphatic carbocycles. The van der Waals surface area contributed by atoms with Crippen molar-refractivity contribution in [2.75, 3.05) is 19.8 Å². The number of aryl methyl sites for hydroxylation is 1. The first kappa shape index (κ1) is 17.2. The fourth-order valence-electron chi connectivity index (χ4n) is 1.90. The van der Waals surface area contributed by atoms with Crippen LogP contribution in [-0.4, -0.2) is 41.5 Å². The van der Waals surface area contributed by atoms with Gasteiger partial charge in [-0.05, 0) is 13.8 Å². The normalized spacial score (nSPS) is 10.6. The van der Waals surface area contributed by atoms with Gasteiger partial charge in [-0.2, -0.15) is 5.10 Å². The maximum atomic E-state index is 12.3. The van der Waals surface area contributed by atoms with Gasteiger partial charge >= 0.3 is 11.9 Å². The average molecular weight is 338 g/mol. The summed E-state index contributed by atoms with van der Waals surface area (Å²) >= 11 is 1.29. The van der Waals surface area contributed by atoms with Gasteiger partial charge in [-0.15, -0.1) is 11.3 Å². The molecule has 0 aromatic carbocycles. The predicted octanol–water partition coefficient (Wildman–Crippen LogP) is 2.27. The molecule has 8 heteroatoms. The zero-order chi connectivity index (χ0) is 16.8. The van der Waals surface area contributed by atoms with Gasteiger partial charge in [0.25, 0.3) is 0 Å². The summed E-state index contributed by atoms with van der Waals surface area (Å²) in [6, 6.07) is 0. The van der Waals surface area contributed by atoms with E-state index in [9.17, 15) is 9.59 Å². The molecule has 0 unspecified atom stereocenters. The molecule has 0 saturated heterocycles. The Morgan fingerprint density at radius 3 is 2.70 bits per heavy atom. The molecule has 23 heavy (non-hydrogen) atoms. The van der Waals surface area contributed by atoms with Crippen molar-refractivity contribution in [2.45, 2.75) is 13.8 Å². The Labute approximate surface area is 137 Å². The van der Waals surface area contributed by atoms with Gasteiger partial charge in [-0.1, -0.05) is 0 Å². The lowest BCUT2D eigenvalue weighted by molar-refractivity contribution is -0.139. The molecular formula is C15H18N2O5S. The van der Waals surface area contributed by atoms with E-state index < -0.39 is 11.9 Å². The van der Waals surface area contributed by atoms with Gasteiger partial charge in [-0.25, -0.2) is 9.59 Å². The van der Waals surface area contributed by atoms with Gasteiger partial charge in [-0.3, -0.25) is 4.68 Å². The van der Waals surface area contributed by atoms with E-state index in [1.165, 1.54) is 11.3 Å². The van der Waals surface area contributed by atoms with Crippen LogP contribution in [0.2, 0.25) is 0 Å². The summed E-state index contributed by atoms with van der Waals surface area (Å²) < 4.78 is 17.0. The molecule has 0 radical (unpaired) electrons. The maximum Gasteiger partial charge on any atom is 0.343 e. The number of hydrogen-bond donors (Lipinski definition) is 0. The van der Waals surface area contributed by atoms with Gasteiger partial charge in [0.2, 0.25) is 0 Å². The third-order valence-corrected chi connectivity index (χ3v) is 3.86. The molecule has 7 nitrogen and oxygen atoms in total. The van der Waals surface area contributed by atoms with E-state index in [4.69, 9.17) is 14.2 Å². The van der Waals surface area contributed by atoms with Crippen molar-refractivity contribution in [3.63, 3.8) is 0 Å². The van der Waals surface area contributed by atoms with Crippen LogP contribution in [-0.2, 0) is 21.3 Å². The molecule has 2 heterocycles. The van der Waals surface area contributed by atoms with Crippen LogP contribution in [0.15, 0.2) is 17.8 Å². The minimum Gasteiger partial charge on any atom is -0.462 e. The lowest BCUT2D eigenvalue weighted by Gasteiger charge is -2.07. The number of hydrogen-bond acceptors (Lipinski definition) is 7. The van der Waals surface area contributed by atoms with Crippen LogP contribution in [0.25, 0.3) is 10.4 Å². The van der Waals surface area contributed by atoms with Crippen molar-refractivity contribution < 1.29 is 23.8 Å². The van der Waals surface area contributed by atoms with Gasteiger partial charge in [0.05, 0.1) is 17.7 Å².